The van der Waals surface area contributed by atoms with Gasteiger partial charge >= 0.3 is 5.97 Å². The molecule has 8 nitrogen and oxygen atoms in total. The van der Waals surface area contributed by atoms with Crippen LogP contribution in [0.25, 0.3) is 10.8 Å². The van der Waals surface area contributed by atoms with Gasteiger partial charge in [-0.25, -0.2) is 9.69 Å². The van der Waals surface area contributed by atoms with Crippen molar-refractivity contribution in [3.63, 3.8) is 0 Å². The number of hydrogen-bond acceptors (Lipinski definition) is 5. The lowest BCUT2D eigenvalue weighted by Gasteiger charge is -2.27. The van der Waals surface area contributed by atoms with Crippen LogP contribution in [-0.4, -0.2) is 27.8 Å². The van der Waals surface area contributed by atoms with E-state index >= 15 is 0 Å². The maximum Gasteiger partial charge on any atom is 0.335 e. The molecule has 0 aromatic heterocycles. The molecule has 0 spiro atoms. The molecular formula is C19H10N2O6. The largest absolute Gasteiger partial charge is 0.478 e. The molecule has 0 aliphatic carbocycles. The van der Waals surface area contributed by atoms with E-state index in [1.165, 1.54) is 54.6 Å². The highest BCUT2D eigenvalue weighted by Crippen LogP contribution is 2.36. The van der Waals surface area contributed by atoms with Gasteiger partial charge in [0.05, 0.1) is 21.6 Å². The number of imide groups is 1. The number of nitro groups is 1. The number of nitro benzene ring substituents is 1. The molecule has 0 radical (unpaired) electrons. The summed E-state index contributed by atoms with van der Waals surface area (Å²) in [6.45, 7) is 0. The average Bonchev–Trinajstić information content (AvgIpc) is 2.66. The second-order valence-electron chi connectivity index (χ2n) is 5.92. The van der Waals surface area contributed by atoms with E-state index in [0.717, 1.165) is 4.90 Å². The van der Waals surface area contributed by atoms with Crippen molar-refractivity contribution in [1.29, 1.82) is 0 Å². The van der Waals surface area contributed by atoms with Gasteiger partial charge in [0.25, 0.3) is 17.5 Å². The van der Waals surface area contributed by atoms with Gasteiger partial charge in [-0.05, 0) is 42.5 Å². The highest BCUT2D eigenvalue weighted by Gasteiger charge is 2.35. The van der Waals surface area contributed by atoms with Crippen LogP contribution in [0, 0.1) is 10.1 Å². The fraction of sp³-hybridized carbons (Fsp3) is 0. The number of carbonyl (C=O) groups is 3. The van der Waals surface area contributed by atoms with Gasteiger partial charge < -0.3 is 5.11 Å². The van der Waals surface area contributed by atoms with Crippen molar-refractivity contribution in [2.75, 3.05) is 4.90 Å². The summed E-state index contributed by atoms with van der Waals surface area (Å²) in [6, 6.07) is 12.4. The van der Waals surface area contributed by atoms with Crippen molar-refractivity contribution in [2.24, 2.45) is 0 Å². The Balaban J connectivity index is 1.91. The second kappa shape index (κ2) is 5.73. The lowest BCUT2D eigenvalue weighted by Crippen LogP contribution is -2.40. The first-order valence-electron chi connectivity index (χ1n) is 7.82. The molecule has 3 aromatic carbocycles. The topological polar surface area (TPSA) is 118 Å². The van der Waals surface area contributed by atoms with Gasteiger partial charge in [-0.15, -0.1) is 0 Å². The van der Waals surface area contributed by atoms with E-state index in [1.807, 2.05) is 0 Å². The highest BCUT2D eigenvalue weighted by molar-refractivity contribution is 6.36. The molecule has 27 heavy (non-hydrogen) atoms. The van der Waals surface area contributed by atoms with Crippen LogP contribution in [0.2, 0.25) is 0 Å². The standard InChI is InChI=1S/C19H10N2O6/c22-17-13-3-1-2-12-15(21(26)27)9-8-14(16(12)13)18(23)20(17)11-6-4-10(5-7-11)19(24)25/h1-9H,(H,24,25). The fourth-order valence-electron chi connectivity index (χ4n) is 3.23. The SMILES string of the molecule is O=C(O)c1ccc(N2C(=O)c3cccc4c([N+](=O)[O-])ccc(c34)C2=O)cc1. The van der Waals surface area contributed by atoms with E-state index in [4.69, 9.17) is 5.11 Å². The number of nitrogens with zero attached hydrogens (tertiary/aromatic N) is 2. The molecule has 4 rings (SSSR count). The molecule has 132 valence electrons. The van der Waals surface area contributed by atoms with E-state index in [-0.39, 0.29) is 38.8 Å². The molecule has 8 heteroatoms. The van der Waals surface area contributed by atoms with Gasteiger partial charge in [-0.1, -0.05) is 6.07 Å². The van der Waals surface area contributed by atoms with Gasteiger partial charge in [0, 0.05) is 22.6 Å². The van der Waals surface area contributed by atoms with Crippen molar-refractivity contribution in [2.45, 2.75) is 0 Å². The molecule has 1 aliphatic rings. The lowest BCUT2D eigenvalue weighted by atomic mass is 9.92. The Hall–Kier alpha value is -4.07. The van der Waals surface area contributed by atoms with Crippen LogP contribution in [0.15, 0.2) is 54.6 Å². The monoisotopic (exact) mass is 362 g/mol. The van der Waals surface area contributed by atoms with Crippen LogP contribution in [0.1, 0.15) is 31.1 Å². The molecule has 1 N–H and O–H groups in total. The Bertz CT molecular complexity index is 1140. The summed E-state index contributed by atoms with van der Waals surface area (Å²) >= 11 is 0. The van der Waals surface area contributed by atoms with Gasteiger partial charge in [0.1, 0.15) is 0 Å². The molecule has 0 atom stereocenters. The minimum Gasteiger partial charge on any atom is -0.478 e. The summed E-state index contributed by atoms with van der Waals surface area (Å²) in [7, 11) is 0. The molecule has 1 aliphatic heterocycles. The quantitative estimate of drug-likeness (QED) is 0.434. The Morgan fingerprint density at radius 3 is 2.15 bits per heavy atom. The van der Waals surface area contributed by atoms with Crippen LogP contribution in [0.3, 0.4) is 0 Å². The number of rotatable bonds is 3. The number of anilines is 1. The van der Waals surface area contributed by atoms with Crippen LogP contribution in [0.4, 0.5) is 11.4 Å². The number of amides is 2. The van der Waals surface area contributed by atoms with Crippen LogP contribution in [0.5, 0.6) is 0 Å². The number of non-ortho nitro benzene ring substituents is 1. The van der Waals surface area contributed by atoms with Crippen molar-refractivity contribution >= 4 is 39.9 Å². The number of carboxylic acids is 1. The normalized spacial score (nSPS) is 13.1. The summed E-state index contributed by atoms with van der Waals surface area (Å²) in [5.74, 6) is -2.37. The number of carboxylic acid groups (broad SMARTS) is 1. The van der Waals surface area contributed by atoms with E-state index in [1.54, 1.807) is 0 Å². The van der Waals surface area contributed by atoms with Gasteiger partial charge in [-0.3, -0.25) is 19.7 Å². The molecule has 0 fully saturated rings. The minimum absolute atomic E-state index is 0.0220. The zero-order valence-electron chi connectivity index (χ0n) is 13.6. The Morgan fingerprint density at radius 1 is 0.926 bits per heavy atom. The molecule has 0 saturated carbocycles. The molecular weight excluding hydrogens is 352 g/mol. The first-order valence-corrected chi connectivity index (χ1v) is 7.82. The molecule has 2 amide bonds. The van der Waals surface area contributed by atoms with Crippen molar-refractivity contribution in [3.8, 4) is 0 Å². The summed E-state index contributed by atoms with van der Waals surface area (Å²) < 4.78 is 0. The summed E-state index contributed by atoms with van der Waals surface area (Å²) in [5.41, 5.74) is 0.404. The summed E-state index contributed by atoms with van der Waals surface area (Å²) in [6.07, 6.45) is 0. The predicted octanol–water partition coefficient (Wildman–Crippen LogP) is 3.25. The fourth-order valence-corrected chi connectivity index (χ4v) is 3.23. The smallest absolute Gasteiger partial charge is 0.335 e. The second-order valence-corrected chi connectivity index (χ2v) is 5.92. The van der Waals surface area contributed by atoms with Gasteiger partial charge in [-0.2, -0.15) is 0 Å². The van der Waals surface area contributed by atoms with Crippen LogP contribution < -0.4 is 4.90 Å². The van der Waals surface area contributed by atoms with Gasteiger partial charge in [0.2, 0.25) is 0 Å². The predicted molar refractivity (Wildman–Crippen MR) is 95.1 cm³/mol. The lowest BCUT2D eigenvalue weighted by molar-refractivity contribution is -0.383. The molecule has 1 heterocycles. The Labute approximate surface area is 151 Å². The summed E-state index contributed by atoms with van der Waals surface area (Å²) in [5, 5.41) is 20.7. The third-order valence-corrected chi connectivity index (χ3v) is 4.45. The van der Waals surface area contributed by atoms with Gasteiger partial charge in [0.15, 0.2) is 0 Å². The zero-order valence-corrected chi connectivity index (χ0v) is 13.6. The number of aromatic carboxylic acids is 1. The highest BCUT2D eigenvalue weighted by atomic mass is 16.6. The van der Waals surface area contributed by atoms with E-state index in [2.05, 4.69) is 0 Å². The Morgan fingerprint density at radius 2 is 1.56 bits per heavy atom. The first-order chi connectivity index (χ1) is 12.9. The number of hydrogen-bond donors (Lipinski definition) is 1. The molecule has 0 unspecified atom stereocenters. The Kier molecular flexibility index (Phi) is 3.48. The molecule has 0 bridgehead atoms. The number of benzene rings is 3. The van der Waals surface area contributed by atoms with Crippen molar-refractivity contribution in [3.05, 3.63) is 81.4 Å². The molecule has 0 saturated heterocycles. The van der Waals surface area contributed by atoms with E-state index in [9.17, 15) is 24.5 Å². The van der Waals surface area contributed by atoms with E-state index in [0.29, 0.717) is 0 Å². The van der Waals surface area contributed by atoms with Crippen LogP contribution >= 0.6 is 0 Å². The maximum atomic E-state index is 12.9. The molecule has 3 aromatic rings. The minimum atomic E-state index is -1.12. The zero-order chi connectivity index (χ0) is 19.3. The number of carbonyl (C=O) groups excluding carboxylic acids is 2. The van der Waals surface area contributed by atoms with Crippen molar-refractivity contribution in [1.82, 2.24) is 0 Å². The van der Waals surface area contributed by atoms with Crippen LogP contribution in [-0.2, 0) is 0 Å². The summed E-state index contributed by atoms with van der Waals surface area (Å²) in [4.78, 5) is 48.5. The average molecular weight is 362 g/mol. The maximum absolute atomic E-state index is 12.9. The third-order valence-electron chi connectivity index (χ3n) is 4.45. The first kappa shape index (κ1) is 16.4. The van der Waals surface area contributed by atoms with Crippen molar-refractivity contribution < 1.29 is 24.4 Å². The third kappa shape index (κ3) is 2.35. The van der Waals surface area contributed by atoms with E-state index < -0.39 is 22.7 Å².